The molecule has 0 aliphatic carbocycles. The molecular weight excluding hydrogens is 265 g/mol. The quantitative estimate of drug-likeness (QED) is 0.641. The Morgan fingerprint density at radius 3 is 2.20 bits per heavy atom. The Morgan fingerprint density at radius 1 is 1.20 bits per heavy atom. The van der Waals surface area contributed by atoms with E-state index < -0.39 is 11.8 Å². The topological polar surface area (TPSA) is 93.0 Å². The lowest BCUT2D eigenvalue weighted by Crippen LogP contribution is -2.14. The Labute approximate surface area is 98.0 Å². The number of Topliss-reactive ketones (excluding diaryl/α,β-unsaturated/α-hetero) is 1. The number of rotatable bonds is 4. The molecule has 1 N–H and O–H groups in total. The van der Waals surface area contributed by atoms with Crippen LogP contribution < -0.4 is 0 Å². The van der Waals surface area contributed by atoms with Crippen molar-refractivity contribution in [2.75, 3.05) is 5.75 Å². The minimum absolute atomic E-state index is 0.106. The van der Waals surface area contributed by atoms with Crippen molar-refractivity contribution in [2.24, 2.45) is 0 Å². The van der Waals surface area contributed by atoms with E-state index in [1.807, 2.05) is 0 Å². The summed E-state index contributed by atoms with van der Waals surface area (Å²) < 4.78 is 0. The van der Waals surface area contributed by atoms with Crippen molar-refractivity contribution in [3.05, 3.63) is 10.6 Å². The number of halogens is 2. The third-order valence-corrected chi connectivity index (χ3v) is 2.32. The average Bonchev–Trinajstić information content (AvgIpc) is 2.12. The molecule has 0 fully saturated rings. The molecule has 0 aromatic carbocycles. The van der Waals surface area contributed by atoms with Crippen LogP contribution in [0.15, 0.2) is 5.16 Å². The summed E-state index contributed by atoms with van der Waals surface area (Å²) in [5.41, 5.74) is 0. The standard InChI is InChI=1S/C6H3Cl2N3O3S/c7-4-9-5(8)11-6(10-4)15-1-2(12)3(13)14/h1H2,(H,13,14). The third-order valence-electron chi connectivity index (χ3n) is 1.13. The van der Waals surface area contributed by atoms with E-state index in [0.29, 0.717) is 0 Å². The van der Waals surface area contributed by atoms with Gasteiger partial charge in [-0.1, -0.05) is 11.8 Å². The van der Waals surface area contributed by atoms with E-state index in [1.165, 1.54) is 0 Å². The van der Waals surface area contributed by atoms with E-state index in [4.69, 9.17) is 28.3 Å². The van der Waals surface area contributed by atoms with Crippen LogP contribution in [0.25, 0.3) is 0 Å². The van der Waals surface area contributed by atoms with Crippen molar-refractivity contribution < 1.29 is 14.7 Å². The maximum Gasteiger partial charge on any atom is 0.373 e. The van der Waals surface area contributed by atoms with Gasteiger partial charge in [0.2, 0.25) is 16.4 Å². The van der Waals surface area contributed by atoms with Gasteiger partial charge in [-0.2, -0.15) is 15.0 Å². The first-order valence-corrected chi connectivity index (χ1v) is 5.19. The summed E-state index contributed by atoms with van der Waals surface area (Å²) in [5.74, 6) is -2.74. The number of aromatic nitrogens is 3. The molecule has 1 heterocycles. The van der Waals surface area contributed by atoms with Crippen LogP contribution in [0, 0.1) is 0 Å². The number of nitrogens with zero attached hydrogens (tertiary/aromatic N) is 3. The number of hydrogen-bond acceptors (Lipinski definition) is 6. The molecule has 0 spiro atoms. The molecular formula is C6H3Cl2N3O3S. The summed E-state index contributed by atoms with van der Waals surface area (Å²) in [6.45, 7) is 0. The summed E-state index contributed by atoms with van der Waals surface area (Å²) in [6.07, 6.45) is 0. The van der Waals surface area contributed by atoms with Crippen molar-refractivity contribution in [3.8, 4) is 0 Å². The fourth-order valence-corrected chi connectivity index (χ4v) is 1.71. The first kappa shape index (κ1) is 12.2. The molecule has 0 aliphatic heterocycles. The van der Waals surface area contributed by atoms with E-state index in [2.05, 4.69) is 15.0 Å². The van der Waals surface area contributed by atoms with Gasteiger partial charge in [-0.15, -0.1) is 0 Å². The highest BCUT2D eigenvalue weighted by atomic mass is 35.5. The zero-order valence-electron chi connectivity index (χ0n) is 6.98. The smallest absolute Gasteiger partial charge is 0.373 e. The van der Waals surface area contributed by atoms with Crippen LogP contribution in [0.4, 0.5) is 0 Å². The molecule has 0 aliphatic rings. The molecule has 1 aromatic rings. The van der Waals surface area contributed by atoms with Gasteiger partial charge in [0.25, 0.3) is 0 Å². The van der Waals surface area contributed by atoms with Gasteiger partial charge in [0.1, 0.15) is 0 Å². The van der Waals surface area contributed by atoms with Crippen LogP contribution in [-0.4, -0.2) is 37.6 Å². The molecule has 0 saturated heterocycles. The highest BCUT2D eigenvalue weighted by Gasteiger charge is 2.13. The van der Waals surface area contributed by atoms with Crippen LogP contribution in [0.3, 0.4) is 0 Å². The number of carbonyl (C=O) groups excluding carboxylic acids is 1. The molecule has 0 amide bonds. The van der Waals surface area contributed by atoms with Gasteiger partial charge in [-0.25, -0.2) is 4.79 Å². The molecule has 1 rings (SSSR count). The Morgan fingerprint density at radius 2 is 1.73 bits per heavy atom. The van der Waals surface area contributed by atoms with Gasteiger partial charge in [-0.3, -0.25) is 4.79 Å². The summed E-state index contributed by atoms with van der Waals surface area (Å²) in [4.78, 5) is 31.7. The predicted octanol–water partition coefficient (Wildman–Crippen LogP) is 0.924. The lowest BCUT2D eigenvalue weighted by Gasteiger charge is -1.97. The van der Waals surface area contributed by atoms with Crippen LogP contribution >= 0.6 is 35.0 Å². The molecule has 0 bridgehead atoms. The van der Waals surface area contributed by atoms with Gasteiger partial charge in [-0.05, 0) is 23.2 Å². The van der Waals surface area contributed by atoms with Crippen molar-refractivity contribution >= 4 is 46.7 Å². The second-order valence-corrected chi connectivity index (χ2v) is 3.79. The zero-order chi connectivity index (χ0) is 11.4. The number of aliphatic carboxylic acids is 1. The van der Waals surface area contributed by atoms with Gasteiger partial charge in [0.05, 0.1) is 5.75 Å². The van der Waals surface area contributed by atoms with E-state index in [1.54, 1.807) is 0 Å². The summed E-state index contributed by atoms with van der Waals surface area (Å²) in [6, 6.07) is 0. The lowest BCUT2D eigenvalue weighted by molar-refractivity contribution is -0.147. The van der Waals surface area contributed by atoms with Crippen LogP contribution in [0.5, 0.6) is 0 Å². The van der Waals surface area contributed by atoms with Crippen molar-refractivity contribution in [2.45, 2.75) is 5.16 Å². The van der Waals surface area contributed by atoms with Crippen molar-refractivity contribution in [1.82, 2.24) is 15.0 Å². The number of ketones is 1. The molecule has 15 heavy (non-hydrogen) atoms. The zero-order valence-corrected chi connectivity index (χ0v) is 9.30. The van der Waals surface area contributed by atoms with Gasteiger partial charge < -0.3 is 5.11 Å². The fraction of sp³-hybridized carbons (Fsp3) is 0.167. The number of thioether (sulfide) groups is 1. The SMILES string of the molecule is O=C(O)C(=O)CSc1nc(Cl)nc(Cl)n1. The summed E-state index contributed by atoms with van der Waals surface area (Å²) in [7, 11) is 0. The Balaban J connectivity index is 2.65. The number of carboxylic acids is 1. The number of carboxylic acid groups (broad SMARTS) is 1. The molecule has 80 valence electrons. The maximum atomic E-state index is 10.7. The van der Waals surface area contributed by atoms with E-state index >= 15 is 0 Å². The summed E-state index contributed by atoms with van der Waals surface area (Å²) >= 11 is 11.8. The van der Waals surface area contributed by atoms with E-state index in [9.17, 15) is 9.59 Å². The normalized spacial score (nSPS) is 10.0. The fourth-order valence-electron chi connectivity index (χ4n) is 0.565. The third kappa shape index (κ3) is 3.98. The molecule has 6 nitrogen and oxygen atoms in total. The Bertz CT molecular complexity index is 394. The van der Waals surface area contributed by atoms with Crippen LogP contribution in [-0.2, 0) is 9.59 Å². The first-order chi connectivity index (χ1) is 6.99. The predicted molar refractivity (Wildman–Crippen MR) is 53.2 cm³/mol. The minimum Gasteiger partial charge on any atom is -0.475 e. The van der Waals surface area contributed by atoms with Gasteiger partial charge in [0.15, 0.2) is 5.16 Å². The highest BCUT2D eigenvalue weighted by Crippen LogP contribution is 2.16. The number of carbonyl (C=O) groups is 2. The average molecular weight is 268 g/mol. The lowest BCUT2D eigenvalue weighted by atomic mass is 10.5. The highest BCUT2D eigenvalue weighted by molar-refractivity contribution is 7.99. The minimum atomic E-state index is -1.51. The number of hydrogen-bond donors (Lipinski definition) is 1. The second kappa shape index (κ2) is 5.24. The largest absolute Gasteiger partial charge is 0.475 e. The van der Waals surface area contributed by atoms with E-state index in [0.717, 1.165) is 11.8 Å². The monoisotopic (exact) mass is 267 g/mol. The molecule has 0 unspecified atom stereocenters. The van der Waals surface area contributed by atoms with Crippen molar-refractivity contribution in [1.29, 1.82) is 0 Å². The van der Waals surface area contributed by atoms with Crippen LogP contribution in [0.1, 0.15) is 0 Å². The van der Waals surface area contributed by atoms with Crippen molar-refractivity contribution in [3.63, 3.8) is 0 Å². The molecule has 0 atom stereocenters. The summed E-state index contributed by atoms with van der Waals surface area (Å²) in [5, 5.41) is 8.19. The van der Waals surface area contributed by atoms with Gasteiger partial charge in [0, 0.05) is 0 Å². The van der Waals surface area contributed by atoms with Gasteiger partial charge >= 0.3 is 5.97 Å². The molecule has 9 heteroatoms. The molecule has 0 saturated carbocycles. The van der Waals surface area contributed by atoms with E-state index in [-0.39, 0.29) is 21.5 Å². The first-order valence-electron chi connectivity index (χ1n) is 3.45. The molecule has 0 radical (unpaired) electrons. The Kier molecular flexibility index (Phi) is 4.25. The molecule has 1 aromatic heterocycles. The second-order valence-electron chi connectivity index (χ2n) is 2.17. The maximum absolute atomic E-state index is 10.7. The van der Waals surface area contributed by atoms with Crippen LogP contribution in [0.2, 0.25) is 10.6 Å². The Hall–Kier alpha value is -0.920.